The van der Waals surface area contributed by atoms with Crippen LogP contribution in [0.25, 0.3) is 11.0 Å². The highest BCUT2D eigenvalue weighted by Gasteiger charge is 2.08. The lowest BCUT2D eigenvalue weighted by Gasteiger charge is -2.10. The number of fused-ring (bicyclic) bond motifs is 1. The summed E-state index contributed by atoms with van der Waals surface area (Å²) in [6.45, 7) is 3.89. The Morgan fingerprint density at radius 1 is 1.04 bits per heavy atom. The predicted octanol–water partition coefficient (Wildman–Crippen LogP) is 2.90. The van der Waals surface area contributed by atoms with Crippen LogP contribution in [0.3, 0.4) is 0 Å². The van der Waals surface area contributed by atoms with E-state index >= 15 is 0 Å². The van der Waals surface area contributed by atoms with Gasteiger partial charge in [-0.25, -0.2) is 4.79 Å². The van der Waals surface area contributed by atoms with Gasteiger partial charge in [0.2, 0.25) is 0 Å². The number of amides is 1. The Kier molecular flexibility index (Phi) is 3.89. The largest absolute Gasteiger partial charge is 0.491 e. The van der Waals surface area contributed by atoms with Gasteiger partial charge >= 0.3 is 5.69 Å². The molecule has 1 amide bonds. The topological polar surface area (TPSA) is 87.0 Å². The van der Waals surface area contributed by atoms with Gasteiger partial charge in [-0.1, -0.05) is 0 Å². The Balaban J connectivity index is 1.75. The molecular formula is C17H17N3O3. The molecule has 23 heavy (non-hydrogen) atoms. The third kappa shape index (κ3) is 3.42. The van der Waals surface area contributed by atoms with E-state index in [4.69, 9.17) is 4.74 Å². The van der Waals surface area contributed by atoms with Gasteiger partial charge in [0.25, 0.3) is 5.91 Å². The molecule has 6 heteroatoms. The number of anilines is 1. The molecule has 0 atom stereocenters. The molecule has 1 heterocycles. The van der Waals surface area contributed by atoms with E-state index in [1.807, 2.05) is 13.8 Å². The standard InChI is InChI=1S/C17H17N3O3/c1-10(2)23-13-6-3-11(4-7-13)16(21)18-12-5-8-14-15(9-12)20-17(22)19-14/h3-10H,1-2H3,(H,18,21)(H2,19,20,22). The predicted molar refractivity (Wildman–Crippen MR) is 89.1 cm³/mol. The maximum absolute atomic E-state index is 12.3. The number of carbonyl (C=O) groups excluding carboxylic acids is 1. The van der Waals surface area contributed by atoms with E-state index < -0.39 is 0 Å². The summed E-state index contributed by atoms with van der Waals surface area (Å²) in [5, 5.41) is 2.80. The first-order valence-electron chi connectivity index (χ1n) is 7.31. The summed E-state index contributed by atoms with van der Waals surface area (Å²) < 4.78 is 5.55. The first-order chi connectivity index (χ1) is 11.0. The van der Waals surface area contributed by atoms with Gasteiger partial charge in [0.15, 0.2) is 0 Å². The second-order valence-electron chi connectivity index (χ2n) is 5.48. The summed E-state index contributed by atoms with van der Waals surface area (Å²) in [6.07, 6.45) is 0.0879. The number of hydrogen-bond acceptors (Lipinski definition) is 3. The second kappa shape index (κ2) is 6.00. The molecule has 0 aliphatic rings. The van der Waals surface area contributed by atoms with Crippen molar-refractivity contribution in [1.29, 1.82) is 0 Å². The van der Waals surface area contributed by atoms with E-state index in [0.717, 1.165) is 5.75 Å². The first kappa shape index (κ1) is 14.9. The van der Waals surface area contributed by atoms with Crippen molar-refractivity contribution in [2.45, 2.75) is 20.0 Å². The van der Waals surface area contributed by atoms with Crippen molar-refractivity contribution in [3.63, 3.8) is 0 Å². The van der Waals surface area contributed by atoms with Crippen LogP contribution in [-0.2, 0) is 0 Å². The molecule has 3 N–H and O–H groups in total. The summed E-state index contributed by atoms with van der Waals surface area (Å²) >= 11 is 0. The fourth-order valence-corrected chi connectivity index (χ4v) is 2.27. The summed E-state index contributed by atoms with van der Waals surface area (Å²) in [4.78, 5) is 28.8. The van der Waals surface area contributed by atoms with Crippen LogP contribution < -0.4 is 15.7 Å². The molecule has 0 aliphatic heterocycles. The normalized spacial score (nSPS) is 10.9. The average molecular weight is 311 g/mol. The Morgan fingerprint density at radius 3 is 2.43 bits per heavy atom. The van der Waals surface area contributed by atoms with Crippen molar-refractivity contribution in [3.8, 4) is 5.75 Å². The number of benzene rings is 2. The van der Waals surface area contributed by atoms with E-state index in [2.05, 4.69) is 15.3 Å². The van der Waals surface area contributed by atoms with Crippen LogP contribution >= 0.6 is 0 Å². The van der Waals surface area contributed by atoms with Gasteiger partial charge in [-0.3, -0.25) is 4.79 Å². The minimum atomic E-state index is -0.274. The zero-order valence-corrected chi connectivity index (χ0v) is 12.8. The number of aromatic nitrogens is 2. The summed E-state index contributed by atoms with van der Waals surface area (Å²) in [7, 11) is 0. The molecular weight excluding hydrogens is 294 g/mol. The van der Waals surface area contributed by atoms with E-state index in [-0.39, 0.29) is 17.7 Å². The Hall–Kier alpha value is -3.02. The van der Waals surface area contributed by atoms with Gasteiger partial charge in [0.1, 0.15) is 5.75 Å². The highest BCUT2D eigenvalue weighted by molar-refractivity contribution is 6.05. The van der Waals surface area contributed by atoms with E-state index in [0.29, 0.717) is 22.3 Å². The van der Waals surface area contributed by atoms with Crippen molar-refractivity contribution in [2.75, 3.05) is 5.32 Å². The van der Waals surface area contributed by atoms with Crippen LogP contribution in [-0.4, -0.2) is 22.0 Å². The van der Waals surface area contributed by atoms with Gasteiger partial charge in [-0.15, -0.1) is 0 Å². The molecule has 0 aliphatic carbocycles. The molecule has 2 aromatic carbocycles. The maximum atomic E-state index is 12.3. The van der Waals surface area contributed by atoms with Crippen molar-refractivity contribution in [2.24, 2.45) is 0 Å². The molecule has 3 rings (SSSR count). The minimum Gasteiger partial charge on any atom is -0.491 e. The minimum absolute atomic E-state index is 0.0879. The summed E-state index contributed by atoms with van der Waals surface area (Å²) in [5.74, 6) is 0.501. The molecule has 0 saturated heterocycles. The van der Waals surface area contributed by atoms with Crippen LogP contribution in [0, 0.1) is 0 Å². The molecule has 0 saturated carbocycles. The number of H-pyrrole nitrogens is 2. The zero-order valence-electron chi connectivity index (χ0n) is 12.8. The lowest BCUT2D eigenvalue weighted by molar-refractivity contribution is 0.102. The third-order valence-corrected chi connectivity index (χ3v) is 3.26. The van der Waals surface area contributed by atoms with Gasteiger partial charge in [0.05, 0.1) is 17.1 Å². The van der Waals surface area contributed by atoms with E-state index in [9.17, 15) is 9.59 Å². The van der Waals surface area contributed by atoms with Gasteiger partial charge < -0.3 is 20.0 Å². The maximum Gasteiger partial charge on any atom is 0.323 e. The quantitative estimate of drug-likeness (QED) is 0.692. The average Bonchev–Trinajstić information content (AvgIpc) is 2.86. The SMILES string of the molecule is CC(C)Oc1ccc(C(=O)Nc2ccc3[nH]c(=O)[nH]c3c2)cc1. The summed E-state index contributed by atoms with van der Waals surface area (Å²) in [5.41, 5.74) is 2.21. The molecule has 0 bridgehead atoms. The van der Waals surface area contributed by atoms with Crippen LogP contribution in [0.15, 0.2) is 47.3 Å². The number of imidazole rings is 1. The van der Waals surface area contributed by atoms with Crippen molar-refractivity contribution >= 4 is 22.6 Å². The molecule has 0 fully saturated rings. The number of hydrogen-bond donors (Lipinski definition) is 3. The molecule has 0 radical (unpaired) electrons. The van der Waals surface area contributed by atoms with Crippen molar-refractivity contribution in [1.82, 2.24) is 9.97 Å². The van der Waals surface area contributed by atoms with Crippen LogP contribution in [0.5, 0.6) is 5.75 Å². The second-order valence-corrected chi connectivity index (χ2v) is 5.48. The summed E-state index contributed by atoms with van der Waals surface area (Å²) in [6, 6.07) is 12.1. The van der Waals surface area contributed by atoms with E-state index in [1.54, 1.807) is 42.5 Å². The lowest BCUT2D eigenvalue weighted by atomic mass is 10.2. The van der Waals surface area contributed by atoms with E-state index in [1.165, 1.54) is 0 Å². The Labute approximate surface area is 132 Å². The molecule has 0 spiro atoms. The fraction of sp³-hybridized carbons (Fsp3) is 0.176. The number of ether oxygens (including phenoxy) is 1. The fourth-order valence-electron chi connectivity index (χ4n) is 2.27. The Morgan fingerprint density at radius 2 is 1.74 bits per heavy atom. The smallest absolute Gasteiger partial charge is 0.323 e. The highest BCUT2D eigenvalue weighted by Crippen LogP contribution is 2.17. The lowest BCUT2D eigenvalue weighted by Crippen LogP contribution is -2.12. The number of aromatic amines is 2. The number of rotatable bonds is 4. The first-order valence-corrected chi connectivity index (χ1v) is 7.31. The third-order valence-electron chi connectivity index (χ3n) is 3.26. The molecule has 118 valence electrons. The van der Waals surface area contributed by atoms with Gasteiger partial charge in [-0.2, -0.15) is 0 Å². The molecule has 6 nitrogen and oxygen atoms in total. The van der Waals surface area contributed by atoms with Crippen molar-refractivity contribution in [3.05, 3.63) is 58.5 Å². The molecule has 1 aromatic heterocycles. The van der Waals surface area contributed by atoms with Crippen molar-refractivity contribution < 1.29 is 9.53 Å². The zero-order chi connectivity index (χ0) is 16.4. The molecule has 3 aromatic rings. The number of nitrogens with one attached hydrogen (secondary N) is 3. The highest BCUT2D eigenvalue weighted by atomic mass is 16.5. The van der Waals surface area contributed by atoms with Crippen LogP contribution in [0.2, 0.25) is 0 Å². The van der Waals surface area contributed by atoms with Gasteiger partial charge in [-0.05, 0) is 56.3 Å². The number of carbonyl (C=O) groups is 1. The molecule has 0 unspecified atom stereocenters. The van der Waals surface area contributed by atoms with Gasteiger partial charge in [0, 0.05) is 11.3 Å². The van der Waals surface area contributed by atoms with Crippen LogP contribution in [0.4, 0.5) is 5.69 Å². The monoisotopic (exact) mass is 311 g/mol. The van der Waals surface area contributed by atoms with Crippen LogP contribution in [0.1, 0.15) is 24.2 Å². The Bertz CT molecular complexity index is 891.